The molecular formula is C21H20ClNO6. The predicted molar refractivity (Wildman–Crippen MR) is 109 cm³/mol. The summed E-state index contributed by atoms with van der Waals surface area (Å²) in [5, 5.41) is 3.00. The highest BCUT2D eigenvalue weighted by Gasteiger charge is 2.17. The molecule has 7 nitrogen and oxygen atoms in total. The van der Waals surface area contributed by atoms with Crippen molar-refractivity contribution in [1.29, 1.82) is 0 Å². The van der Waals surface area contributed by atoms with Crippen molar-refractivity contribution < 1.29 is 28.5 Å². The van der Waals surface area contributed by atoms with Crippen molar-refractivity contribution in [3.63, 3.8) is 0 Å². The van der Waals surface area contributed by atoms with Gasteiger partial charge >= 0.3 is 5.97 Å². The zero-order valence-electron chi connectivity index (χ0n) is 15.9. The molecule has 3 rings (SSSR count). The number of rotatable bonds is 6. The molecule has 0 aliphatic carbocycles. The van der Waals surface area contributed by atoms with Crippen LogP contribution in [0.15, 0.2) is 42.5 Å². The van der Waals surface area contributed by atoms with Crippen molar-refractivity contribution >= 4 is 35.2 Å². The number of halogens is 1. The number of amides is 1. The average Bonchev–Trinajstić information content (AvgIpc) is 2.72. The minimum atomic E-state index is -0.992. The smallest absolute Gasteiger partial charge is 0.331 e. The van der Waals surface area contributed by atoms with E-state index in [2.05, 4.69) is 5.32 Å². The van der Waals surface area contributed by atoms with E-state index in [0.717, 1.165) is 5.56 Å². The first-order valence-corrected chi connectivity index (χ1v) is 9.27. The Kier molecular flexibility index (Phi) is 6.61. The Morgan fingerprint density at radius 3 is 2.62 bits per heavy atom. The van der Waals surface area contributed by atoms with Crippen LogP contribution in [0.25, 0.3) is 6.08 Å². The van der Waals surface area contributed by atoms with Crippen LogP contribution in [0, 0.1) is 0 Å². The molecule has 1 unspecified atom stereocenters. The summed E-state index contributed by atoms with van der Waals surface area (Å²) in [7, 11) is 1.50. The number of hydrogen-bond acceptors (Lipinski definition) is 6. The lowest BCUT2D eigenvalue weighted by Crippen LogP contribution is -2.29. The van der Waals surface area contributed by atoms with Gasteiger partial charge in [-0.1, -0.05) is 17.7 Å². The molecule has 29 heavy (non-hydrogen) atoms. The highest BCUT2D eigenvalue weighted by Crippen LogP contribution is 2.31. The van der Waals surface area contributed by atoms with Crippen LogP contribution in [0.4, 0.5) is 5.69 Å². The van der Waals surface area contributed by atoms with Crippen LogP contribution in [0.2, 0.25) is 5.02 Å². The number of ether oxygens (including phenoxy) is 4. The first kappa shape index (κ1) is 20.5. The van der Waals surface area contributed by atoms with E-state index in [1.54, 1.807) is 42.5 Å². The van der Waals surface area contributed by atoms with Crippen LogP contribution in [0.3, 0.4) is 0 Å². The molecule has 0 aromatic heterocycles. The maximum atomic E-state index is 12.2. The zero-order valence-corrected chi connectivity index (χ0v) is 16.7. The second-order valence-corrected chi connectivity index (χ2v) is 6.56. The van der Waals surface area contributed by atoms with E-state index in [-0.39, 0.29) is 0 Å². The van der Waals surface area contributed by atoms with Gasteiger partial charge in [-0.3, -0.25) is 4.79 Å². The SMILES string of the molecule is COc1ccc(NC(=O)C(C)OC(=O)C=Cc2ccc3c(c2)OCCO3)cc1Cl. The minimum Gasteiger partial charge on any atom is -0.495 e. The van der Waals surface area contributed by atoms with E-state index in [1.165, 1.54) is 20.1 Å². The van der Waals surface area contributed by atoms with Crippen molar-refractivity contribution in [2.75, 3.05) is 25.6 Å². The molecule has 0 radical (unpaired) electrons. The number of esters is 1. The molecule has 1 N–H and O–H groups in total. The molecule has 0 spiro atoms. The number of carbonyl (C=O) groups excluding carboxylic acids is 2. The Morgan fingerprint density at radius 2 is 1.90 bits per heavy atom. The molecule has 0 bridgehead atoms. The van der Waals surface area contributed by atoms with Crippen molar-refractivity contribution in [3.05, 3.63) is 53.1 Å². The summed E-state index contributed by atoms with van der Waals surface area (Å²) in [6.45, 7) is 2.47. The molecule has 1 amide bonds. The highest BCUT2D eigenvalue weighted by molar-refractivity contribution is 6.32. The summed E-state index contributed by atoms with van der Waals surface area (Å²) in [5.41, 5.74) is 1.21. The maximum absolute atomic E-state index is 12.2. The fourth-order valence-corrected chi connectivity index (χ4v) is 2.84. The van der Waals surface area contributed by atoms with Gasteiger partial charge in [0.15, 0.2) is 17.6 Å². The fourth-order valence-electron chi connectivity index (χ4n) is 2.58. The normalized spacial score (nSPS) is 13.6. The lowest BCUT2D eigenvalue weighted by atomic mass is 10.2. The van der Waals surface area contributed by atoms with E-state index < -0.39 is 18.0 Å². The molecule has 152 valence electrons. The van der Waals surface area contributed by atoms with E-state index in [9.17, 15) is 9.59 Å². The Balaban J connectivity index is 1.55. The van der Waals surface area contributed by atoms with Crippen molar-refractivity contribution in [2.24, 2.45) is 0 Å². The third kappa shape index (κ3) is 5.42. The maximum Gasteiger partial charge on any atom is 0.331 e. The van der Waals surface area contributed by atoms with Gasteiger partial charge in [0, 0.05) is 11.8 Å². The summed E-state index contributed by atoms with van der Waals surface area (Å²) in [6, 6.07) is 10.1. The summed E-state index contributed by atoms with van der Waals surface area (Å²) < 4.78 is 21.2. The third-order valence-corrected chi connectivity index (χ3v) is 4.35. The van der Waals surface area contributed by atoms with E-state index in [1.807, 2.05) is 0 Å². The standard InChI is InChI=1S/C21H20ClNO6/c1-13(21(25)23-15-5-7-17(26-2)16(22)12-15)29-20(24)8-4-14-3-6-18-19(11-14)28-10-9-27-18/h3-8,11-13H,9-10H2,1-2H3,(H,23,25). The van der Waals surface area contributed by atoms with Gasteiger partial charge in [-0.15, -0.1) is 0 Å². The van der Waals surface area contributed by atoms with Gasteiger partial charge in [-0.2, -0.15) is 0 Å². The Labute approximate surface area is 173 Å². The number of nitrogens with one attached hydrogen (secondary N) is 1. The summed E-state index contributed by atoms with van der Waals surface area (Å²) in [6.07, 6.45) is 1.83. The molecule has 1 heterocycles. The molecule has 1 aliphatic rings. The summed E-state index contributed by atoms with van der Waals surface area (Å²) in [5.74, 6) is 0.661. The fraction of sp³-hybridized carbons (Fsp3) is 0.238. The topological polar surface area (TPSA) is 83.1 Å². The number of hydrogen-bond donors (Lipinski definition) is 1. The van der Waals surface area contributed by atoms with Crippen LogP contribution >= 0.6 is 11.6 Å². The van der Waals surface area contributed by atoms with Crippen LogP contribution in [-0.4, -0.2) is 38.3 Å². The zero-order chi connectivity index (χ0) is 20.8. The molecular weight excluding hydrogens is 398 g/mol. The lowest BCUT2D eigenvalue weighted by Gasteiger charge is -2.18. The van der Waals surface area contributed by atoms with Crippen molar-refractivity contribution in [1.82, 2.24) is 0 Å². The number of fused-ring (bicyclic) bond motifs is 1. The van der Waals surface area contributed by atoms with Gasteiger partial charge in [0.25, 0.3) is 5.91 Å². The first-order valence-electron chi connectivity index (χ1n) is 8.89. The minimum absolute atomic E-state index is 0.359. The van der Waals surface area contributed by atoms with Crippen LogP contribution < -0.4 is 19.5 Å². The third-order valence-electron chi connectivity index (χ3n) is 4.06. The summed E-state index contributed by atoms with van der Waals surface area (Å²) >= 11 is 6.03. The number of anilines is 1. The predicted octanol–water partition coefficient (Wildman–Crippen LogP) is 3.70. The molecule has 1 atom stereocenters. The molecule has 2 aromatic carbocycles. The Hall–Kier alpha value is -3.19. The van der Waals surface area contributed by atoms with Gasteiger partial charge in [0.2, 0.25) is 0 Å². The molecule has 1 aliphatic heterocycles. The van der Waals surface area contributed by atoms with E-state index in [4.69, 9.17) is 30.5 Å². The molecule has 0 saturated carbocycles. The molecule has 0 saturated heterocycles. The van der Waals surface area contributed by atoms with Gasteiger partial charge in [-0.05, 0) is 48.9 Å². The molecule has 2 aromatic rings. The second kappa shape index (κ2) is 9.34. The van der Waals surface area contributed by atoms with Crippen LogP contribution in [0.1, 0.15) is 12.5 Å². The number of benzene rings is 2. The van der Waals surface area contributed by atoms with E-state index >= 15 is 0 Å². The average molecular weight is 418 g/mol. The highest BCUT2D eigenvalue weighted by atomic mass is 35.5. The van der Waals surface area contributed by atoms with Gasteiger partial charge in [-0.25, -0.2) is 4.79 Å². The first-order chi connectivity index (χ1) is 14.0. The van der Waals surface area contributed by atoms with Gasteiger partial charge in [0.1, 0.15) is 19.0 Å². The van der Waals surface area contributed by atoms with Gasteiger partial charge < -0.3 is 24.3 Å². The Bertz CT molecular complexity index is 943. The Morgan fingerprint density at radius 1 is 1.14 bits per heavy atom. The quantitative estimate of drug-likeness (QED) is 0.570. The van der Waals surface area contributed by atoms with Crippen LogP contribution in [-0.2, 0) is 14.3 Å². The summed E-state index contributed by atoms with van der Waals surface area (Å²) in [4.78, 5) is 24.3. The monoisotopic (exact) mass is 417 g/mol. The lowest BCUT2D eigenvalue weighted by molar-refractivity contribution is -0.148. The van der Waals surface area contributed by atoms with E-state index in [0.29, 0.717) is 41.2 Å². The largest absolute Gasteiger partial charge is 0.495 e. The van der Waals surface area contributed by atoms with Crippen LogP contribution in [0.5, 0.6) is 17.2 Å². The number of carbonyl (C=O) groups is 2. The van der Waals surface area contributed by atoms with Gasteiger partial charge in [0.05, 0.1) is 12.1 Å². The second-order valence-electron chi connectivity index (χ2n) is 6.15. The van der Waals surface area contributed by atoms with Crippen molar-refractivity contribution in [3.8, 4) is 17.2 Å². The van der Waals surface area contributed by atoms with Crippen molar-refractivity contribution in [2.45, 2.75) is 13.0 Å². The number of methoxy groups -OCH3 is 1. The molecule has 8 heteroatoms. The molecule has 0 fully saturated rings.